The van der Waals surface area contributed by atoms with E-state index in [4.69, 9.17) is 0 Å². The summed E-state index contributed by atoms with van der Waals surface area (Å²) in [7, 11) is 0. The van der Waals surface area contributed by atoms with Crippen LogP contribution in [0.1, 0.15) is 31.2 Å². The average molecular weight is 243 g/mol. The number of hydrogen-bond acceptors (Lipinski definition) is 3. The monoisotopic (exact) mass is 243 g/mol. The van der Waals surface area contributed by atoms with Gasteiger partial charge < -0.3 is 16.0 Å². The molecule has 4 nitrogen and oxygen atoms in total. The van der Waals surface area contributed by atoms with E-state index >= 15 is 0 Å². The second-order valence-electron chi connectivity index (χ2n) is 4.80. The van der Waals surface area contributed by atoms with Gasteiger partial charge in [0.2, 0.25) is 5.91 Å². The molecule has 1 aromatic carbocycles. The Hall–Kier alpha value is -1.97. The lowest BCUT2D eigenvalue weighted by Gasteiger charge is -2.08. The number of amides is 1. The standard InChI is InChI=1S/C14H17N3O/c1-3-5-13-15-11-6-9-8(4-2)14(18)17-10(9)7-12(11)16-13/h3,6-8,13,15-16H,1,4-5H2,2H3,(H,17,18). The van der Waals surface area contributed by atoms with Gasteiger partial charge >= 0.3 is 0 Å². The minimum absolute atomic E-state index is 0.00875. The van der Waals surface area contributed by atoms with Crippen molar-refractivity contribution in [2.24, 2.45) is 0 Å². The first kappa shape index (κ1) is 11.1. The molecule has 0 aliphatic carbocycles. The fourth-order valence-electron chi connectivity index (χ4n) is 2.71. The first-order valence-electron chi connectivity index (χ1n) is 6.35. The van der Waals surface area contributed by atoms with Crippen LogP contribution >= 0.6 is 0 Å². The molecule has 1 amide bonds. The van der Waals surface area contributed by atoms with Gasteiger partial charge in [0.15, 0.2) is 0 Å². The van der Waals surface area contributed by atoms with E-state index in [-0.39, 0.29) is 18.0 Å². The van der Waals surface area contributed by atoms with Crippen LogP contribution in [0, 0.1) is 0 Å². The number of carbonyl (C=O) groups excluding carboxylic acids is 1. The van der Waals surface area contributed by atoms with Gasteiger partial charge in [-0.15, -0.1) is 6.58 Å². The predicted octanol–water partition coefficient (Wildman–Crippen LogP) is 2.87. The summed E-state index contributed by atoms with van der Waals surface area (Å²) < 4.78 is 0. The van der Waals surface area contributed by atoms with Crippen molar-refractivity contribution in [3.63, 3.8) is 0 Å². The largest absolute Gasteiger partial charge is 0.363 e. The maximum absolute atomic E-state index is 11.8. The summed E-state index contributed by atoms with van der Waals surface area (Å²) in [5, 5.41) is 9.73. The van der Waals surface area contributed by atoms with Gasteiger partial charge in [0.25, 0.3) is 0 Å². The van der Waals surface area contributed by atoms with Crippen molar-refractivity contribution in [3.8, 4) is 0 Å². The van der Waals surface area contributed by atoms with Crippen molar-refractivity contribution >= 4 is 23.0 Å². The second kappa shape index (κ2) is 4.05. The lowest BCUT2D eigenvalue weighted by molar-refractivity contribution is -0.117. The topological polar surface area (TPSA) is 53.2 Å². The lowest BCUT2D eigenvalue weighted by Crippen LogP contribution is -2.20. The van der Waals surface area contributed by atoms with Crippen LogP contribution in [0.4, 0.5) is 17.1 Å². The van der Waals surface area contributed by atoms with Crippen molar-refractivity contribution in [2.75, 3.05) is 16.0 Å². The van der Waals surface area contributed by atoms with E-state index in [0.29, 0.717) is 0 Å². The molecule has 0 saturated heterocycles. The molecule has 94 valence electrons. The number of nitrogens with one attached hydrogen (secondary N) is 3. The SMILES string of the molecule is C=CCC1Nc2cc3c(cc2N1)C(CC)C(=O)N3. The molecule has 2 aliphatic rings. The average Bonchev–Trinajstić information content (AvgIpc) is 2.85. The molecule has 2 unspecified atom stereocenters. The Morgan fingerprint density at radius 2 is 2.00 bits per heavy atom. The zero-order valence-corrected chi connectivity index (χ0v) is 10.4. The van der Waals surface area contributed by atoms with E-state index < -0.39 is 0 Å². The third-order valence-electron chi connectivity index (χ3n) is 3.61. The number of benzene rings is 1. The highest BCUT2D eigenvalue weighted by Gasteiger charge is 2.31. The summed E-state index contributed by atoms with van der Waals surface area (Å²) in [5.41, 5.74) is 4.18. The molecule has 3 N–H and O–H groups in total. The van der Waals surface area contributed by atoms with Gasteiger partial charge in [-0.1, -0.05) is 13.0 Å². The quantitative estimate of drug-likeness (QED) is 0.715. The highest BCUT2D eigenvalue weighted by molar-refractivity contribution is 6.04. The molecule has 2 atom stereocenters. The molecule has 0 saturated carbocycles. The van der Waals surface area contributed by atoms with Gasteiger partial charge in [-0.2, -0.15) is 0 Å². The van der Waals surface area contributed by atoms with Crippen LogP contribution in [-0.2, 0) is 4.79 Å². The highest BCUT2D eigenvalue weighted by Crippen LogP contribution is 2.42. The van der Waals surface area contributed by atoms with E-state index in [1.807, 2.05) is 19.1 Å². The zero-order chi connectivity index (χ0) is 12.7. The molecular weight excluding hydrogens is 226 g/mol. The predicted molar refractivity (Wildman–Crippen MR) is 74.0 cm³/mol. The van der Waals surface area contributed by atoms with Crippen LogP contribution in [0.5, 0.6) is 0 Å². The van der Waals surface area contributed by atoms with Crippen LogP contribution in [0.15, 0.2) is 24.8 Å². The van der Waals surface area contributed by atoms with Crippen molar-refractivity contribution < 1.29 is 4.79 Å². The third-order valence-corrected chi connectivity index (χ3v) is 3.61. The van der Waals surface area contributed by atoms with Gasteiger partial charge in [0.1, 0.15) is 0 Å². The van der Waals surface area contributed by atoms with Crippen LogP contribution in [0.3, 0.4) is 0 Å². The van der Waals surface area contributed by atoms with Crippen LogP contribution in [-0.4, -0.2) is 12.1 Å². The van der Waals surface area contributed by atoms with Gasteiger partial charge in [0, 0.05) is 12.1 Å². The minimum atomic E-state index is -0.00875. The summed E-state index contributed by atoms with van der Waals surface area (Å²) in [6.07, 6.45) is 3.79. The first-order chi connectivity index (χ1) is 8.72. The second-order valence-corrected chi connectivity index (χ2v) is 4.80. The van der Waals surface area contributed by atoms with Crippen molar-refractivity contribution in [1.82, 2.24) is 0 Å². The summed E-state index contributed by atoms with van der Waals surface area (Å²) in [6, 6.07) is 4.11. The van der Waals surface area contributed by atoms with Gasteiger partial charge in [-0.05, 0) is 24.1 Å². The number of carbonyl (C=O) groups is 1. The summed E-state index contributed by atoms with van der Waals surface area (Å²) in [5.74, 6) is 0.101. The number of anilines is 3. The van der Waals surface area contributed by atoms with Crippen molar-refractivity contribution in [3.05, 3.63) is 30.4 Å². The van der Waals surface area contributed by atoms with Crippen molar-refractivity contribution in [2.45, 2.75) is 31.8 Å². The van der Waals surface area contributed by atoms with Crippen molar-refractivity contribution in [1.29, 1.82) is 0 Å². The van der Waals surface area contributed by atoms with E-state index in [0.717, 1.165) is 35.5 Å². The van der Waals surface area contributed by atoms with Gasteiger partial charge in [0.05, 0.1) is 23.5 Å². The molecule has 2 heterocycles. The Balaban J connectivity index is 1.94. The highest BCUT2D eigenvalue weighted by atomic mass is 16.2. The number of fused-ring (bicyclic) bond motifs is 2. The molecule has 0 fully saturated rings. The Bertz CT molecular complexity index is 524. The third kappa shape index (κ3) is 1.56. The number of hydrogen-bond donors (Lipinski definition) is 3. The molecule has 2 aliphatic heterocycles. The van der Waals surface area contributed by atoms with E-state index in [1.54, 1.807) is 0 Å². The molecule has 0 bridgehead atoms. The smallest absolute Gasteiger partial charge is 0.231 e. The Morgan fingerprint density at radius 1 is 1.28 bits per heavy atom. The molecule has 4 heteroatoms. The lowest BCUT2D eigenvalue weighted by atomic mass is 9.97. The fraction of sp³-hybridized carbons (Fsp3) is 0.357. The normalized spacial score (nSPS) is 23.7. The Labute approximate surface area is 106 Å². The molecule has 1 aromatic rings. The Morgan fingerprint density at radius 3 is 2.67 bits per heavy atom. The number of rotatable bonds is 3. The minimum Gasteiger partial charge on any atom is -0.363 e. The summed E-state index contributed by atoms with van der Waals surface area (Å²) >= 11 is 0. The Kier molecular flexibility index (Phi) is 2.51. The van der Waals surface area contributed by atoms with E-state index in [1.165, 1.54) is 0 Å². The molecule has 0 radical (unpaired) electrons. The molecule has 18 heavy (non-hydrogen) atoms. The zero-order valence-electron chi connectivity index (χ0n) is 10.4. The molecule has 0 aromatic heterocycles. The first-order valence-corrected chi connectivity index (χ1v) is 6.35. The van der Waals surface area contributed by atoms with Crippen LogP contribution in [0.25, 0.3) is 0 Å². The summed E-state index contributed by atoms with van der Waals surface area (Å²) in [6.45, 7) is 5.79. The fourth-order valence-corrected chi connectivity index (χ4v) is 2.71. The summed E-state index contributed by atoms with van der Waals surface area (Å²) in [4.78, 5) is 11.8. The van der Waals surface area contributed by atoms with Crippen LogP contribution < -0.4 is 16.0 Å². The maximum atomic E-state index is 11.8. The maximum Gasteiger partial charge on any atom is 0.231 e. The van der Waals surface area contributed by atoms with Gasteiger partial charge in [-0.3, -0.25) is 4.79 Å². The van der Waals surface area contributed by atoms with E-state index in [9.17, 15) is 4.79 Å². The molecular formula is C14H17N3O. The molecule has 0 spiro atoms. The molecule has 3 rings (SSSR count). The van der Waals surface area contributed by atoms with Crippen LogP contribution in [0.2, 0.25) is 0 Å². The van der Waals surface area contributed by atoms with E-state index in [2.05, 4.69) is 28.6 Å². The van der Waals surface area contributed by atoms with Gasteiger partial charge in [-0.25, -0.2) is 0 Å².